The van der Waals surface area contributed by atoms with E-state index in [1.54, 1.807) is 73.1 Å². The fourth-order valence-corrected chi connectivity index (χ4v) is 4.69. The van der Waals surface area contributed by atoms with Crippen LogP contribution in [0.4, 0.5) is 5.69 Å². The van der Waals surface area contributed by atoms with Gasteiger partial charge < -0.3 is 9.30 Å². The van der Waals surface area contributed by atoms with Crippen LogP contribution in [-0.4, -0.2) is 25.1 Å². The van der Waals surface area contributed by atoms with Crippen molar-refractivity contribution in [3.05, 3.63) is 90.0 Å². The second-order valence-corrected chi connectivity index (χ2v) is 9.00. The molecule has 4 rings (SSSR count). The Morgan fingerprint density at radius 1 is 1.03 bits per heavy atom. The summed E-state index contributed by atoms with van der Waals surface area (Å²) in [5.74, 6) is 0.517. The number of aryl methyl sites for hydroxylation is 1. The van der Waals surface area contributed by atoms with Crippen molar-refractivity contribution in [2.24, 2.45) is 0 Å². The first kappa shape index (κ1) is 21.0. The number of rotatable bonds is 6. The highest BCUT2D eigenvalue weighted by Gasteiger charge is 2.20. The molecule has 0 fully saturated rings. The van der Waals surface area contributed by atoms with Crippen molar-refractivity contribution < 1.29 is 13.2 Å². The van der Waals surface area contributed by atoms with E-state index in [2.05, 4.69) is 9.71 Å². The predicted octanol–water partition coefficient (Wildman–Crippen LogP) is 5.31. The predicted molar refractivity (Wildman–Crippen MR) is 123 cm³/mol. The molecule has 1 heterocycles. The van der Waals surface area contributed by atoms with Crippen LogP contribution >= 0.6 is 11.6 Å². The molecule has 1 aromatic heterocycles. The average Bonchev–Trinajstić information content (AvgIpc) is 3.20. The Morgan fingerprint density at radius 2 is 1.77 bits per heavy atom. The van der Waals surface area contributed by atoms with Crippen LogP contribution in [-0.2, 0) is 10.0 Å². The topological polar surface area (TPSA) is 73.2 Å². The number of imidazole rings is 1. The first-order valence-corrected chi connectivity index (χ1v) is 11.3. The van der Waals surface area contributed by atoms with Crippen LogP contribution in [0.3, 0.4) is 0 Å². The number of methoxy groups -OCH3 is 1. The van der Waals surface area contributed by atoms with Crippen molar-refractivity contribution in [2.75, 3.05) is 11.8 Å². The lowest BCUT2D eigenvalue weighted by Crippen LogP contribution is -2.14. The molecule has 0 aliphatic heterocycles. The highest BCUT2D eigenvalue weighted by atomic mass is 35.5. The number of sulfonamides is 1. The van der Waals surface area contributed by atoms with Gasteiger partial charge in [-0.05, 0) is 42.8 Å². The van der Waals surface area contributed by atoms with E-state index in [0.29, 0.717) is 22.0 Å². The second-order valence-electron chi connectivity index (χ2n) is 6.92. The number of anilines is 1. The number of ether oxygens (including phenoxy) is 1. The molecule has 0 amide bonds. The summed E-state index contributed by atoms with van der Waals surface area (Å²) in [5, 5.41) is 0.586. The number of hydrogen-bond donors (Lipinski definition) is 1. The van der Waals surface area contributed by atoms with Crippen molar-refractivity contribution in [3.63, 3.8) is 0 Å². The number of halogens is 1. The van der Waals surface area contributed by atoms with E-state index in [4.69, 9.17) is 16.3 Å². The Balaban J connectivity index is 1.69. The first-order valence-electron chi connectivity index (χ1n) is 9.44. The largest absolute Gasteiger partial charge is 0.494 e. The van der Waals surface area contributed by atoms with Gasteiger partial charge in [0.25, 0.3) is 10.0 Å². The summed E-state index contributed by atoms with van der Waals surface area (Å²) in [6.45, 7) is 1.89. The van der Waals surface area contributed by atoms with Gasteiger partial charge in [0, 0.05) is 22.8 Å². The Labute approximate surface area is 186 Å². The van der Waals surface area contributed by atoms with E-state index in [1.165, 1.54) is 7.11 Å². The van der Waals surface area contributed by atoms with Gasteiger partial charge >= 0.3 is 0 Å². The number of aromatic nitrogens is 2. The SMILES string of the molecule is COc1cc(NS(=O)(=O)c2ccccc2-c2ccc(Cl)cc2)ccc1-n1cnc(C)c1. The van der Waals surface area contributed by atoms with Crippen LogP contribution in [0.2, 0.25) is 5.02 Å². The normalized spacial score (nSPS) is 11.3. The molecule has 6 nitrogen and oxygen atoms in total. The number of nitrogens with one attached hydrogen (secondary N) is 1. The molecule has 0 aliphatic rings. The molecule has 0 saturated carbocycles. The van der Waals surface area contributed by atoms with Gasteiger partial charge in [-0.3, -0.25) is 4.72 Å². The summed E-state index contributed by atoms with van der Waals surface area (Å²) in [5.41, 5.74) is 3.36. The average molecular weight is 454 g/mol. The van der Waals surface area contributed by atoms with E-state index < -0.39 is 10.0 Å². The summed E-state index contributed by atoms with van der Waals surface area (Å²) in [7, 11) is -2.32. The lowest BCUT2D eigenvalue weighted by Gasteiger charge is -2.15. The third kappa shape index (κ3) is 4.42. The molecule has 3 aromatic carbocycles. The van der Waals surface area contributed by atoms with Crippen LogP contribution in [0.5, 0.6) is 5.75 Å². The minimum Gasteiger partial charge on any atom is -0.494 e. The van der Waals surface area contributed by atoms with Crippen LogP contribution in [0.25, 0.3) is 16.8 Å². The molecule has 31 heavy (non-hydrogen) atoms. The van der Waals surface area contributed by atoms with Crippen LogP contribution in [0, 0.1) is 6.92 Å². The number of benzene rings is 3. The molecule has 158 valence electrons. The Kier molecular flexibility index (Phi) is 5.71. The maximum absolute atomic E-state index is 13.2. The molecule has 0 spiro atoms. The van der Waals surface area contributed by atoms with E-state index in [0.717, 1.165) is 16.9 Å². The summed E-state index contributed by atoms with van der Waals surface area (Å²) >= 11 is 5.97. The fraction of sp³-hybridized carbons (Fsp3) is 0.0870. The molecule has 0 bridgehead atoms. The van der Waals surface area contributed by atoms with Crippen molar-refractivity contribution in [2.45, 2.75) is 11.8 Å². The van der Waals surface area contributed by atoms with E-state index in [-0.39, 0.29) is 4.90 Å². The second kappa shape index (κ2) is 8.45. The van der Waals surface area contributed by atoms with Crippen molar-refractivity contribution in [3.8, 4) is 22.6 Å². The van der Waals surface area contributed by atoms with Gasteiger partial charge in [0.15, 0.2) is 0 Å². The summed E-state index contributed by atoms with van der Waals surface area (Å²) in [6.07, 6.45) is 3.55. The first-order chi connectivity index (χ1) is 14.9. The molecule has 0 aliphatic carbocycles. The molecule has 8 heteroatoms. The lowest BCUT2D eigenvalue weighted by molar-refractivity contribution is 0.413. The van der Waals surface area contributed by atoms with Crippen molar-refractivity contribution in [1.29, 1.82) is 0 Å². The zero-order valence-electron chi connectivity index (χ0n) is 16.9. The third-order valence-electron chi connectivity index (χ3n) is 4.75. The van der Waals surface area contributed by atoms with Crippen LogP contribution in [0.15, 0.2) is 84.1 Å². The summed E-state index contributed by atoms with van der Waals surface area (Å²) in [4.78, 5) is 4.39. The van der Waals surface area contributed by atoms with Crippen LogP contribution < -0.4 is 9.46 Å². The monoisotopic (exact) mass is 453 g/mol. The van der Waals surface area contributed by atoms with Crippen LogP contribution in [0.1, 0.15) is 5.69 Å². The quantitative estimate of drug-likeness (QED) is 0.429. The summed E-state index contributed by atoms with van der Waals surface area (Å²) < 4.78 is 36.4. The number of nitrogens with zero attached hydrogens (tertiary/aromatic N) is 2. The Bertz CT molecular complexity index is 1330. The minimum absolute atomic E-state index is 0.172. The zero-order valence-corrected chi connectivity index (χ0v) is 18.5. The van der Waals surface area contributed by atoms with E-state index in [9.17, 15) is 8.42 Å². The highest BCUT2D eigenvalue weighted by Crippen LogP contribution is 2.32. The number of hydrogen-bond acceptors (Lipinski definition) is 4. The third-order valence-corrected chi connectivity index (χ3v) is 6.45. The molecule has 0 atom stereocenters. The van der Waals surface area contributed by atoms with Gasteiger partial charge in [0.1, 0.15) is 5.75 Å². The molecular formula is C23H20ClN3O3S. The maximum atomic E-state index is 13.2. The Morgan fingerprint density at radius 3 is 2.45 bits per heavy atom. The van der Waals surface area contributed by atoms with Gasteiger partial charge in [0.2, 0.25) is 0 Å². The zero-order chi connectivity index (χ0) is 22.0. The molecule has 0 radical (unpaired) electrons. The molecule has 0 saturated heterocycles. The standard InChI is InChI=1S/C23H20ClN3O3S/c1-16-14-27(15-25-16)21-12-11-19(13-22(21)30-2)26-31(28,29)23-6-4-3-5-20(23)17-7-9-18(24)10-8-17/h3-15,26H,1-2H3. The summed E-state index contributed by atoms with van der Waals surface area (Å²) in [6, 6.07) is 19.0. The Hall–Kier alpha value is -3.29. The molecule has 4 aromatic rings. The highest BCUT2D eigenvalue weighted by molar-refractivity contribution is 7.92. The van der Waals surface area contributed by atoms with Crippen molar-refractivity contribution >= 4 is 27.3 Å². The molecule has 1 N–H and O–H groups in total. The minimum atomic E-state index is -3.86. The maximum Gasteiger partial charge on any atom is 0.262 e. The van der Waals surface area contributed by atoms with Gasteiger partial charge in [0.05, 0.1) is 35.4 Å². The van der Waals surface area contributed by atoms with Gasteiger partial charge in [-0.15, -0.1) is 0 Å². The molecular weight excluding hydrogens is 434 g/mol. The van der Waals surface area contributed by atoms with E-state index in [1.807, 2.05) is 17.7 Å². The van der Waals surface area contributed by atoms with Gasteiger partial charge in [-0.1, -0.05) is 41.9 Å². The fourth-order valence-electron chi connectivity index (χ4n) is 3.29. The van der Waals surface area contributed by atoms with Gasteiger partial charge in [-0.2, -0.15) is 0 Å². The van der Waals surface area contributed by atoms with Gasteiger partial charge in [-0.25, -0.2) is 13.4 Å². The van der Waals surface area contributed by atoms with Crippen molar-refractivity contribution in [1.82, 2.24) is 9.55 Å². The van der Waals surface area contributed by atoms with E-state index >= 15 is 0 Å². The lowest BCUT2D eigenvalue weighted by atomic mass is 10.1. The smallest absolute Gasteiger partial charge is 0.262 e. The molecule has 0 unspecified atom stereocenters.